The molecule has 2 aliphatic heterocycles. The van der Waals surface area contributed by atoms with Crippen LogP contribution in [0.3, 0.4) is 0 Å². The summed E-state index contributed by atoms with van der Waals surface area (Å²) in [4.78, 5) is 13.6. The fourth-order valence-corrected chi connectivity index (χ4v) is 6.24. The van der Waals surface area contributed by atoms with Crippen molar-refractivity contribution in [3.63, 3.8) is 0 Å². The van der Waals surface area contributed by atoms with Crippen molar-refractivity contribution in [1.82, 2.24) is 0 Å². The molecule has 0 radical (unpaired) electrons. The van der Waals surface area contributed by atoms with E-state index in [1.807, 2.05) is 24.3 Å². The zero-order chi connectivity index (χ0) is 30.1. The standard InChI is InChI=1S/C35H34O8/c1-41-32-19-28(39)33(35-34(32)29(40)18-31(43-35)22-7-13-26(38)14-8-22)23-16-27(15-4-20-2-9-24(36)10-3-20)42-30(17-23)21-5-11-25(37)12-6-21/h2-3,5-14,19,23,27,30-31,36-39H,4,15-18H2,1H3/t23-,27+,30+,31-/m1/s1. The molecule has 4 aromatic carbocycles. The maximum Gasteiger partial charge on any atom is 0.174 e. The zero-order valence-electron chi connectivity index (χ0n) is 23.8. The Morgan fingerprint density at radius 3 is 1.98 bits per heavy atom. The molecule has 0 saturated carbocycles. The van der Waals surface area contributed by atoms with E-state index in [1.54, 1.807) is 48.5 Å². The number of methoxy groups -OCH3 is 1. The third-order valence-electron chi connectivity index (χ3n) is 8.42. The third kappa shape index (κ3) is 5.96. The molecular formula is C35H34O8. The molecule has 0 unspecified atom stereocenters. The van der Waals surface area contributed by atoms with Gasteiger partial charge in [-0.05, 0) is 84.7 Å². The Balaban J connectivity index is 1.37. The van der Waals surface area contributed by atoms with Gasteiger partial charge in [0.05, 0.1) is 25.7 Å². The summed E-state index contributed by atoms with van der Waals surface area (Å²) in [6.07, 6.45) is 1.52. The van der Waals surface area contributed by atoms with Gasteiger partial charge < -0.3 is 34.6 Å². The molecular weight excluding hydrogens is 548 g/mol. The lowest BCUT2D eigenvalue weighted by Crippen LogP contribution is -2.29. The Kier molecular flexibility index (Phi) is 7.86. The Morgan fingerprint density at radius 1 is 0.791 bits per heavy atom. The van der Waals surface area contributed by atoms with Crippen LogP contribution in [0.5, 0.6) is 34.5 Å². The molecule has 1 saturated heterocycles. The monoisotopic (exact) mass is 582 g/mol. The number of fused-ring (bicyclic) bond motifs is 1. The minimum atomic E-state index is -0.594. The lowest BCUT2D eigenvalue weighted by molar-refractivity contribution is -0.0634. The Morgan fingerprint density at radius 2 is 1.37 bits per heavy atom. The molecule has 6 rings (SSSR count). The van der Waals surface area contributed by atoms with Crippen LogP contribution in [0.4, 0.5) is 0 Å². The highest BCUT2D eigenvalue weighted by Crippen LogP contribution is 2.53. The third-order valence-corrected chi connectivity index (χ3v) is 8.42. The van der Waals surface area contributed by atoms with E-state index in [2.05, 4.69) is 0 Å². The predicted octanol–water partition coefficient (Wildman–Crippen LogP) is 6.86. The summed E-state index contributed by atoms with van der Waals surface area (Å²) in [5.74, 6) is 0.692. The van der Waals surface area contributed by atoms with Crippen molar-refractivity contribution in [3.8, 4) is 34.5 Å². The highest BCUT2D eigenvalue weighted by atomic mass is 16.5. The maximum atomic E-state index is 13.6. The minimum Gasteiger partial charge on any atom is -0.508 e. The first-order chi connectivity index (χ1) is 20.8. The molecule has 8 nitrogen and oxygen atoms in total. The average molecular weight is 583 g/mol. The molecule has 4 N–H and O–H groups in total. The second-order valence-electron chi connectivity index (χ2n) is 11.3. The van der Waals surface area contributed by atoms with Crippen molar-refractivity contribution in [2.24, 2.45) is 0 Å². The van der Waals surface area contributed by atoms with Gasteiger partial charge in [0.2, 0.25) is 0 Å². The van der Waals surface area contributed by atoms with Crippen molar-refractivity contribution in [3.05, 3.63) is 107 Å². The number of hydrogen-bond acceptors (Lipinski definition) is 8. The van der Waals surface area contributed by atoms with Crippen LogP contribution < -0.4 is 9.47 Å². The summed E-state index contributed by atoms with van der Waals surface area (Å²) in [7, 11) is 1.46. The van der Waals surface area contributed by atoms with Gasteiger partial charge in [0, 0.05) is 11.6 Å². The van der Waals surface area contributed by atoms with Crippen LogP contribution in [-0.4, -0.2) is 39.4 Å². The van der Waals surface area contributed by atoms with E-state index in [0.717, 1.165) is 23.1 Å². The molecule has 2 aliphatic rings. The lowest BCUT2D eigenvalue weighted by atomic mass is 9.80. The SMILES string of the molecule is COc1cc(O)c([C@@H]2C[C@H](CCc3ccc(O)cc3)O[C@H](c3ccc(O)cc3)C2)c2c1C(=O)C[C@H](c1ccc(O)cc1)O2. The van der Waals surface area contributed by atoms with E-state index >= 15 is 0 Å². The number of benzene rings is 4. The Bertz CT molecular complexity index is 1600. The van der Waals surface area contributed by atoms with Crippen LogP contribution in [0.25, 0.3) is 0 Å². The first kappa shape index (κ1) is 28.4. The highest BCUT2D eigenvalue weighted by molar-refractivity contribution is 6.03. The summed E-state index contributed by atoms with van der Waals surface area (Å²) >= 11 is 0. The van der Waals surface area contributed by atoms with Crippen LogP contribution in [0, 0.1) is 0 Å². The van der Waals surface area contributed by atoms with Crippen LogP contribution in [0.2, 0.25) is 0 Å². The lowest BCUT2D eigenvalue weighted by Gasteiger charge is -2.38. The summed E-state index contributed by atoms with van der Waals surface area (Å²) < 4.78 is 18.6. The number of phenolic OH excluding ortho intramolecular Hbond substituents is 4. The van der Waals surface area contributed by atoms with Gasteiger partial charge in [-0.3, -0.25) is 4.79 Å². The highest BCUT2D eigenvalue weighted by Gasteiger charge is 2.40. The van der Waals surface area contributed by atoms with Crippen molar-refractivity contribution >= 4 is 5.78 Å². The first-order valence-corrected chi connectivity index (χ1v) is 14.4. The number of rotatable bonds is 7. The second-order valence-corrected chi connectivity index (χ2v) is 11.3. The molecule has 0 aromatic heterocycles. The summed E-state index contributed by atoms with van der Waals surface area (Å²) in [5.41, 5.74) is 3.58. The number of aromatic hydroxyl groups is 4. The zero-order valence-corrected chi connectivity index (χ0v) is 23.8. The molecule has 4 aromatic rings. The van der Waals surface area contributed by atoms with Gasteiger partial charge in [-0.25, -0.2) is 0 Å². The normalized spacial score (nSPS) is 21.6. The van der Waals surface area contributed by atoms with Gasteiger partial charge in [-0.15, -0.1) is 0 Å². The number of phenols is 4. The van der Waals surface area contributed by atoms with Gasteiger partial charge in [-0.2, -0.15) is 0 Å². The van der Waals surface area contributed by atoms with Gasteiger partial charge in [0.25, 0.3) is 0 Å². The summed E-state index contributed by atoms with van der Waals surface area (Å²) in [5, 5.41) is 40.8. The maximum absolute atomic E-state index is 13.6. The number of ketones is 1. The van der Waals surface area contributed by atoms with Crippen LogP contribution in [0.1, 0.15) is 76.4 Å². The number of hydrogen-bond donors (Lipinski definition) is 4. The molecule has 222 valence electrons. The Labute approximate surface area is 249 Å². The number of Topliss-reactive ketones (excluding diaryl/α,β-unsaturated/α-hetero) is 1. The summed E-state index contributed by atoms with van der Waals surface area (Å²) in [6, 6.07) is 22.1. The van der Waals surface area contributed by atoms with E-state index in [4.69, 9.17) is 14.2 Å². The van der Waals surface area contributed by atoms with E-state index in [0.29, 0.717) is 36.1 Å². The molecule has 43 heavy (non-hydrogen) atoms. The fraction of sp³-hybridized carbons (Fsp3) is 0.286. The molecule has 0 spiro atoms. The van der Waals surface area contributed by atoms with Crippen molar-refractivity contribution in [2.45, 2.75) is 56.3 Å². The van der Waals surface area contributed by atoms with Crippen LogP contribution in [0.15, 0.2) is 78.9 Å². The number of carbonyl (C=O) groups excluding carboxylic acids is 1. The van der Waals surface area contributed by atoms with Gasteiger partial charge in [0.1, 0.15) is 46.2 Å². The molecule has 1 fully saturated rings. The van der Waals surface area contributed by atoms with Gasteiger partial charge in [-0.1, -0.05) is 36.4 Å². The average Bonchev–Trinajstić information content (AvgIpc) is 3.00. The summed E-state index contributed by atoms with van der Waals surface area (Å²) in [6.45, 7) is 0. The van der Waals surface area contributed by atoms with E-state index in [9.17, 15) is 25.2 Å². The van der Waals surface area contributed by atoms with Crippen molar-refractivity contribution < 1.29 is 39.4 Å². The molecule has 4 atom stereocenters. The number of ether oxygens (including phenoxy) is 3. The van der Waals surface area contributed by atoms with Crippen molar-refractivity contribution in [1.29, 1.82) is 0 Å². The molecule has 0 aliphatic carbocycles. The topological polar surface area (TPSA) is 126 Å². The quantitative estimate of drug-likeness (QED) is 0.186. The van der Waals surface area contributed by atoms with Crippen LogP contribution >= 0.6 is 0 Å². The van der Waals surface area contributed by atoms with Crippen LogP contribution in [-0.2, 0) is 11.2 Å². The number of carbonyl (C=O) groups is 1. The minimum absolute atomic E-state index is 0.0107. The smallest absolute Gasteiger partial charge is 0.174 e. The molecule has 0 bridgehead atoms. The first-order valence-electron chi connectivity index (χ1n) is 14.4. The molecule has 8 heteroatoms. The van der Waals surface area contributed by atoms with E-state index < -0.39 is 6.10 Å². The predicted molar refractivity (Wildman–Crippen MR) is 159 cm³/mol. The van der Waals surface area contributed by atoms with Crippen molar-refractivity contribution in [2.75, 3.05) is 7.11 Å². The second kappa shape index (κ2) is 11.9. The van der Waals surface area contributed by atoms with E-state index in [1.165, 1.54) is 13.2 Å². The van der Waals surface area contributed by atoms with Gasteiger partial charge in [0.15, 0.2) is 5.78 Å². The van der Waals surface area contributed by atoms with E-state index in [-0.39, 0.29) is 59.1 Å². The fourth-order valence-electron chi connectivity index (χ4n) is 6.24. The molecule has 0 amide bonds. The largest absolute Gasteiger partial charge is 0.508 e. The van der Waals surface area contributed by atoms with Gasteiger partial charge >= 0.3 is 0 Å². The Hall–Kier alpha value is -4.69. The number of aryl methyl sites for hydroxylation is 1. The molecule has 2 heterocycles.